The molecule has 3 nitrogen and oxygen atoms in total. The van der Waals surface area contributed by atoms with Gasteiger partial charge in [-0.05, 0) is 42.7 Å². The molecular weight excluding hydrogens is 391 g/mol. The van der Waals surface area contributed by atoms with Gasteiger partial charge in [0.1, 0.15) is 0 Å². The fourth-order valence-corrected chi connectivity index (χ4v) is 4.76. The molecule has 1 saturated heterocycles. The van der Waals surface area contributed by atoms with Crippen LogP contribution in [0, 0.1) is 0 Å². The van der Waals surface area contributed by atoms with Gasteiger partial charge in [-0.1, -0.05) is 17.4 Å². The molecule has 0 saturated carbocycles. The van der Waals surface area contributed by atoms with Crippen LogP contribution < -0.4 is 9.80 Å². The lowest BCUT2D eigenvalue weighted by Gasteiger charge is -2.36. The van der Waals surface area contributed by atoms with Gasteiger partial charge in [0, 0.05) is 36.8 Å². The quantitative estimate of drug-likeness (QED) is 0.542. The Bertz CT molecular complexity index is 947. The van der Waals surface area contributed by atoms with Crippen LogP contribution in [0.25, 0.3) is 10.2 Å². The van der Waals surface area contributed by atoms with Gasteiger partial charge in [-0.15, -0.1) is 11.8 Å². The first-order valence-electron chi connectivity index (χ1n) is 8.56. The summed E-state index contributed by atoms with van der Waals surface area (Å²) in [5, 5.41) is 0.979. The Hall–Kier alpha value is -1.93. The van der Waals surface area contributed by atoms with Gasteiger partial charge in [0.05, 0.1) is 15.8 Å². The maximum atomic E-state index is 12.9. The highest BCUT2D eigenvalue weighted by molar-refractivity contribution is 7.98. The number of hydrogen-bond acceptors (Lipinski definition) is 5. The van der Waals surface area contributed by atoms with Gasteiger partial charge in [0.15, 0.2) is 5.13 Å². The van der Waals surface area contributed by atoms with Crippen LogP contribution in [-0.2, 0) is 6.18 Å². The van der Waals surface area contributed by atoms with E-state index in [1.54, 1.807) is 29.2 Å². The second-order valence-corrected chi connectivity index (χ2v) is 8.24. The van der Waals surface area contributed by atoms with E-state index in [2.05, 4.69) is 23.3 Å². The van der Waals surface area contributed by atoms with Gasteiger partial charge in [-0.3, -0.25) is 0 Å². The first kappa shape index (κ1) is 18.4. The Morgan fingerprint density at radius 2 is 1.74 bits per heavy atom. The van der Waals surface area contributed by atoms with E-state index in [1.807, 2.05) is 11.0 Å². The predicted molar refractivity (Wildman–Crippen MR) is 107 cm³/mol. The highest BCUT2D eigenvalue weighted by Gasteiger charge is 2.31. The zero-order valence-electron chi connectivity index (χ0n) is 14.7. The Kier molecular flexibility index (Phi) is 4.94. The van der Waals surface area contributed by atoms with Crippen molar-refractivity contribution < 1.29 is 13.2 Å². The van der Waals surface area contributed by atoms with Crippen molar-refractivity contribution in [1.82, 2.24) is 4.98 Å². The molecule has 4 rings (SSSR count). The summed E-state index contributed by atoms with van der Waals surface area (Å²) >= 11 is 3.38. The Morgan fingerprint density at radius 1 is 1.00 bits per heavy atom. The maximum absolute atomic E-state index is 12.9. The Labute approximate surface area is 163 Å². The lowest BCUT2D eigenvalue weighted by molar-refractivity contribution is -0.137. The molecule has 0 atom stereocenters. The third-order valence-corrected chi connectivity index (χ3v) is 6.48. The smallest absolute Gasteiger partial charge is 0.368 e. The lowest BCUT2D eigenvalue weighted by Crippen LogP contribution is -2.46. The van der Waals surface area contributed by atoms with Gasteiger partial charge >= 0.3 is 6.18 Å². The van der Waals surface area contributed by atoms with Gasteiger partial charge in [-0.2, -0.15) is 13.2 Å². The molecule has 1 fully saturated rings. The molecule has 27 heavy (non-hydrogen) atoms. The molecule has 0 N–H and O–H groups in total. The SMILES string of the molecule is CSc1ccc2nc(N3CCN(c4cccc(C(F)(F)F)c4)CC3)sc2c1. The summed E-state index contributed by atoms with van der Waals surface area (Å²) in [6.45, 7) is 2.83. The van der Waals surface area contributed by atoms with Gasteiger partial charge < -0.3 is 9.80 Å². The van der Waals surface area contributed by atoms with E-state index in [1.165, 1.54) is 17.0 Å². The van der Waals surface area contributed by atoms with Crippen molar-refractivity contribution in [2.75, 3.05) is 42.2 Å². The minimum absolute atomic E-state index is 0.599. The second-order valence-electron chi connectivity index (χ2n) is 6.35. The molecule has 142 valence electrons. The number of fused-ring (bicyclic) bond motifs is 1. The van der Waals surface area contributed by atoms with E-state index in [0.717, 1.165) is 34.5 Å². The van der Waals surface area contributed by atoms with Gasteiger partial charge in [0.25, 0.3) is 0 Å². The number of benzene rings is 2. The molecule has 0 aliphatic carbocycles. The molecule has 0 amide bonds. The minimum atomic E-state index is -4.31. The number of piperazine rings is 1. The van der Waals surface area contributed by atoms with Crippen molar-refractivity contribution >= 4 is 44.1 Å². The summed E-state index contributed by atoms with van der Waals surface area (Å²) in [5.74, 6) is 0. The number of aromatic nitrogens is 1. The predicted octanol–water partition coefficient (Wildman–Crippen LogP) is 5.36. The topological polar surface area (TPSA) is 19.4 Å². The van der Waals surface area contributed by atoms with E-state index in [4.69, 9.17) is 4.98 Å². The zero-order valence-corrected chi connectivity index (χ0v) is 16.3. The van der Waals surface area contributed by atoms with E-state index >= 15 is 0 Å². The van der Waals surface area contributed by atoms with Crippen LogP contribution in [0.3, 0.4) is 0 Å². The van der Waals surface area contributed by atoms with Crippen molar-refractivity contribution in [2.45, 2.75) is 11.1 Å². The fourth-order valence-electron chi connectivity index (χ4n) is 3.19. The third-order valence-electron chi connectivity index (χ3n) is 4.67. The number of anilines is 2. The minimum Gasteiger partial charge on any atom is -0.368 e. The molecule has 0 spiro atoms. The molecular formula is C19H18F3N3S2. The first-order valence-corrected chi connectivity index (χ1v) is 10.6. The molecule has 8 heteroatoms. The first-order chi connectivity index (χ1) is 12.9. The monoisotopic (exact) mass is 409 g/mol. The van der Waals surface area contributed by atoms with E-state index < -0.39 is 11.7 Å². The van der Waals surface area contributed by atoms with Gasteiger partial charge in [0.2, 0.25) is 0 Å². The molecule has 1 aliphatic heterocycles. The van der Waals surface area contributed by atoms with Crippen molar-refractivity contribution in [1.29, 1.82) is 0 Å². The highest BCUT2D eigenvalue weighted by Crippen LogP contribution is 2.34. The van der Waals surface area contributed by atoms with Crippen LogP contribution in [0.4, 0.5) is 24.0 Å². The fraction of sp³-hybridized carbons (Fsp3) is 0.316. The van der Waals surface area contributed by atoms with Crippen LogP contribution in [0.15, 0.2) is 47.4 Å². The lowest BCUT2D eigenvalue weighted by atomic mass is 10.1. The number of nitrogens with zero attached hydrogens (tertiary/aromatic N) is 3. The third kappa shape index (κ3) is 3.87. The average Bonchev–Trinajstić information content (AvgIpc) is 3.10. The molecule has 2 aromatic carbocycles. The van der Waals surface area contributed by atoms with Crippen LogP contribution in [0.1, 0.15) is 5.56 Å². The van der Waals surface area contributed by atoms with E-state index in [0.29, 0.717) is 18.8 Å². The van der Waals surface area contributed by atoms with Crippen LogP contribution in [-0.4, -0.2) is 37.4 Å². The molecule has 2 heterocycles. The summed E-state index contributed by atoms with van der Waals surface area (Å²) in [7, 11) is 0. The molecule has 1 aromatic heterocycles. The van der Waals surface area contributed by atoms with Crippen molar-refractivity contribution in [3.63, 3.8) is 0 Å². The molecule has 0 radical (unpaired) electrons. The standard InChI is InChI=1S/C19H18F3N3S2/c1-26-15-5-6-16-17(12-15)27-18(23-16)25-9-7-24(8-10-25)14-4-2-3-13(11-14)19(20,21)22/h2-6,11-12H,7-10H2,1H3. The van der Waals surface area contributed by atoms with Crippen molar-refractivity contribution in [3.05, 3.63) is 48.0 Å². The largest absolute Gasteiger partial charge is 0.416 e. The molecule has 0 unspecified atom stereocenters. The normalized spacial score (nSPS) is 15.6. The Morgan fingerprint density at radius 3 is 2.44 bits per heavy atom. The summed E-state index contributed by atoms with van der Waals surface area (Å²) < 4.78 is 40.0. The van der Waals surface area contributed by atoms with Crippen LogP contribution in [0.2, 0.25) is 0 Å². The number of rotatable bonds is 3. The number of thioether (sulfide) groups is 1. The average molecular weight is 410 g/mol. The second kappa shape index (κ2) is 7.24. The molecule has 1 aliphatic rings. The summed E-state index contributed by atoms with van der Waals surface area (Å²) in [6.07, 6.45) is -2.26. The summed E-state index contributed by atoms with van der Waals surface area (Å²) in [5.41, 5.74) is 1.02. The van der Waals surface area contributed by atoms with E-state index in [9.17, 15) is 13.2 Å². The van der Waals surface area contributed by atoms with Crippen molar-refractivity contribution in [2.24, 2.45) is 0 Å². The number of alkyl halides is 3. The number of thiazole rings is 1. The highest BCUT2D eigenvalue weighted by atomic mass is 32.2. The maximum Gasteiger partial charge on any atom is 0.416 e. The number of halogens is 3. The Balaban J connectivity index is 1.48. The molecule has 0 bridgehead atoms. The number of hydrogen-bond donors (Lipinski definition) is 0. The van der Waals surface area contributed by atoms with Gasteiger partial charge in [-0.25, -0.2) is 4.98 Å². The zero-order chi connectivity index (χ0) is 19.0. The summed E-state index contributed by atoms with van der Waals surface area (Å²) in [4.78, 5) is 10.2. The molecule has 3 aromatic rings. The van der Waals surface area contributed by atoms with Crippen LogP contribution >= 0.6 is 23.1 Å². The van der Waals surface area contributed by atoms with Crippen molar-refractivity contribution in [3.8, 4) is 0 Å². The van der Waals surface area contributed by atoms with E-state index in [-0.39, 0.29) is 0 Å². The van der Waals surface area contributed by atoms with Crippen LogP contribution in [0.5, 0.6) is 0 Å². The summed E-state index contributed by atoms with van der Waals surface area (Å²) in [6, 6.07) is 11.8.